The second-order valence-electron chi connectivity index (χ2n) is 10.2. The number of carbonyl (C=O) groups excluding carboxylic acids is 3. The van der Waals surface area contributed by atoms with Crippen LogP contribution < -0.4 is 14.2 Å². The van der Waals surface area contributed by atoms with Crippen LogP contribution in [0.5, 0.6) is 17.2 Å². The maximum atomic E-state index is 12.3. The van der Waals surface area contributed by atoms with E-state index in [2.05, 4.69) is 0 Å². The van der Waals surface area contributed by atoms with Crippen molar-refractivity contribution in [2.24, 2.45) is 0 Å². The third kappa shape index (κ3) is 8.77. The van der Waals surface area contributed by atoms with Gasteiger partial charge in [0.1, 0.15) is 29.5 Å². The van der Waals surface area contributed by atoms with Crippen LogP contribution in [0.3, 0.4) is 0 Å². The SMILES string of the molecule is CC.CCCCOC(=O)Oc1c(C)c(C)c2c(c1C)CCC(C)(COc1ccc(/C=C(\SC)C(=O)N(C)C=O)cc1)O2. The van der Waals surface area contributed by atoms with Crippen LogP contribution >= 0.6 is 11.8 Å². The van der Waals surface area contributed by atoms with Crippen LogP contribution in [0.2, 0.25) is 0 Å². The van der Waals surface area contributed by atoms with Crippen molar-refractivity contribution >= 4 is 36.3 Å². The number of carbonyl (C=O) groups is 3. The highest BCUT2D eigenvalue weighted by atomic mass is 32.2. The number of nitrogens with zero attached hydrogens (tertiary/aromatic N) is 1. The van der Waals surface area contributed by atoms with Crippen molar-refractivity contribution in [3.05, 3.63) is 57.0 Å². The molecule has 0 spiro atoms. The highest BCUT2D eigenvalue weighted by molar-refractivity contribution is 8.03. The van der Waals surface area contributed by atoms with Gasteiger partial charge in [-0.15, -0.1) is 11.8 Å². The number of hydrogen-bond acceptors (Lipinski definition) is 8. The summed E-state index contributed by atoms with van der Waals surface area (Å²) >= 11 is 1.29. The summed E-state index contributed by atoms with van der Waals surface area (Å²) < 4.78 is 23.5. The molecule has 0 N–H and O–H groups in total. The van der Waals surface area contributed by atoms with E-state index in [1.165, 1.54) is 18.8 Å². The van der Waals surface area contributed by atoms with E-state index < -0.39 is 11.8 Å². The maximum absolute atomic E-state index is 12.3. The fourth-order valence-electron chi connectivity index (χ4n) is 4.43. The summed E-state index contributed by atoms with van der Waals surface area (Å²) in [5.41, 5.74) is 3.98. The minimum absolute atomic E-state index is 0.343. The van der Waals surface area contributed by atoms with Gasteiger partial charge in [-0.05, 0) is 93.7 Å². The quantitative estimate of drug-likeness (QED) is 0.0866. The van der Waals surface area contributed by atoms with Crippen LogP contribution in [0.1, 0.15) is 74.8 Å². The topological polar surface area (TPSA) is 91.4 Å². The smallest absolute Gasteiger partial charge is 0.489 e. The molecule has 1 aliphatic rings. The lowest BCUT2D eigenvalue weighted by Crippen LogP contribution is -2.42. The molecule has 230 valence electrons. The van der Waals surface area contributed by atoms with Gasteiger partial charge in [0.15, 0.2) is 0 Å². The Morgan fingerprint density at radius 2 is 1.76 bits per heavy atom. The number of benzene rings is 2. The molecule has 1 heterocycles. The largest absolute Gasteiger partial charge is 0.513 e. The van der Waals surface area contributed by atoms with E-state index in [1.807, 2.05) is 72.7 Å². The van der Waals surface area contributed by atoms with E-state index in [0.29, 0.717) is 36.0 Å². The zero-order valence-electron chi connectivity index (χ0n) is 26.4. The Kier molecular flexibility index (Phi) is 13.4. The highest BCUT2D eigenvalue weighted by Gasteiger charge is 2.36. The van der Waals surface area contributed by atoms with Crippen molar-refractivity contribution in [2.75, 3.05) is 26.5 Å². The molecule has 1 aliphatic heterocycles. The average molecular weight is 600 g/mol. The molecular weight excluding hydrogens is 554 g/mol. The Morgan fingerprint density at radius 3 is 2.36 bits per heavy atom. The monoisotopic (exact) mass is 599 g/mol. The molecule has 0 radical (unpaired) electrons. The Hall–Kier alpha value is -3.46. The molecule has 2 aromatic rings. The first-order valence-electron chi connectivity index (χ1n) is 14.4. The van der Waals surface area contributed by atoms with Crippen LogP contribution in [0, 0.1) is 20.8 Å². The molecule has 0 fully saturated rings. The van der Waals surface area contributed by atoms with Gasteiger partial charge in [-0.3, -0.25) is 14.5 Å². The number of hydrogen-bond donors (Lipinski definition) is 0. The van der Waals surface area contributed by atoms with Crippen molar-refractivity contribution < 1.29 is 33.3 Å². The fraction of sp³-hybridized carbons (Fsp3) is 0.485. The zero-order chi connectivity index (χ0) is 31.4. The molecule has 0 saturated heterocycles. The van der Waals surface area contributed by atoms with Gasteiger partial charge in [0.05, 0.1) is 11.5 Å². The van der Waals surface area contributed by atoms with Crippen molar-refractivity contribution in [3.63, 3.8) is 0 Å². The summed E-state index contributed by atoms with van der Waals surface area (Å²) in [6.07, 6.45) is 6.58. The molecule has 0 bridgehead atoms. The Labute approximate surface area is 254 Å². The predicted molar refractivity (Wildman–Crippen MR) is 169 cm³/mol. The second kappa shape index (κ2) is 16.2. The van der Waals surface area contributed by atoms with Crippen LogP contribution in [-0.4, -0.2) is 55.5 Å². The molecule has 0 aliphatic carbocycles. The summed E-state index contributed by atoms with van der Waals surface area (Å²) in [5.74, 6) is 1.69. The molecule has 9 heteroatoms. The second-order valence-corrected chi connectivity index (χ2v) is 11.1. The van der Waals surface area contributed by atoms with Crippen LogP contribution in [0.15, 0.2) is 29.2 Å². The third-order valence-corrected chi connectivity index (χ3v) is 7.83. The molecular formula is C33H45NO7S. The molecule has 1 atom stereocenters. The summed E-state index contributed by atoms with van der Waals surface area (Å²) in [6, 6.07) is 7.43. The number of unbranched alkanes of at least 4 members (excludes halogenated alkanes) is 1. The van der Waals surface area contributed by atoms with Crippen molar-refractivity contribution in [3.8, 4) is 17.2 Å². The normalized spacial score (nSPS) is 15.8. The van der Waals surface area contributed by atoms with E-state index in [1.54, 1.807) is 12.3 Å². The fourth-order valence-corrected chi connectivity index (χ4v) is 5.00. The number of rotatable bonds is 11. The van der Waals surface area contributed by atoms with Gasteiger partial charge in [0, 0.05) is 12.6 Å². The first-order valence-corrected chi connectivity index (χ1v) is 15.6. The summed E-state index contributed by atoms with van der Waals surface area (Å²) in [5, 5.41) is 0. The molecule has 42 heavy (non-hydrogen) atoms. The lowest BCUT2D eigenvalue weighted by atomic mass is 9.87. The van der Waals surface area contributed by atoms with Gasteiger partial charge in [-0.1, -0.05) is 39.3 Å². The Morgan fingerprint density at radius 1 is 1.10 bits per heavy atom. The van der Waals surface area contributed by atoms with Gasteiger partial charge in [-0.25, -0.2) is 4.79 Å². The maximum Gasteiger partial charge on any atom is 0.513 e. The van der Waals surface area contributed by atoms with Gasteiger partial charge in [0.2, 0.25) is 6.41 Å². The van der Waals surface area contributed by atoms with Gasteiger partial charge in [-0.2, -0.15) is 0 Å². The molecule has 2 aromatic carbocycles. The molecule has 0 aromatic heterocycles. The van der Waals surface area contributed by atoms with E-state index in [4.69, 9.17) is 18.9 Å². The summed E-state index contributed by atoms with van der Waals surface area (Å²) in [7, 11) is 1.44. The number of likely N-dealkylation sites (N-methyl/N-ethyl adjacent to an activating group) is 1. The summed E-state index contributed by atoms with van der Waals surface area (Å²) in [6.45, 7) is 14.6. The van der Waals surface area contributed by atoms with E-state index in [-0.39, 0.29) is 5.91 Å². The van der Waals surface area contributed by atoms with E-state index in [0.717, 1.165) is 64.1 Å². The number of imide groups is 1. The molecule has 8 nitrogen and oxygen atoms in total. The Balaban J connectivity index is 0.00000301. The first-order chi connectivity index (χ1) is 20.0. The van der Waals surface area contributed by atoms with E-state index in [9.17, 15) is 14.4 Å². The van der Waals surface area contributed by atoms with Gasteiger partial charge >= 0.3 is 6.16 Å². The minimum Gasteiger partial charge on any atom is -0.489 e. The number of ether oxygens (including phenoxy) is 4. The van der Waals surface area contributed by atoms with Crippen LogP contribution in [0.25, 0.3) is 6.08 Å². The van der Waals surface area contributed by atoms with Crippen molar-refractivity contribution in [2.45, 2.75) is 79.8 Å². The van der Waals surface area contributed by atoms with E-state index >= 15 is 0 Å². The molecule has 2 amide bonds. The zero-order valence-corrected chi connectivity index (χ0v) is 27.2. The minimum atomic E-state index is -0.681. The van der Waals surface area contributed by atoms with Gasteiger partial charge in [0.25, 0.3) is 5.91 Å². The molecule has 1 unspecified atom stereocenters. The number of thioether (sulfide) groups is 1. The predicted octanol–water partition coefficient (Wildman–Crippen LogP) is 7.43. The number of fused-ring (bicyclic) bond motifs is 1. The molecule has 0 saturated carbocycles. The summed E-state index contributed by atoms with van der Waals surface area (Å²) in [4.78, 5) is 36.9. The lowest BCUT2D eigenvalue weighted by molar-refractivity contribution is -0.133. The third-order valence-electron chi connectivity index (χ3n) is 7.10. The molecule has 3 rings (SSSR count). The Bertz CT molecular complexity index is 1270. The van der Waals surface area contributed by atoms with Crippen molar-refractivity contribution in [1.29, 1.82) is 0 Å². The first kappa shape index (κ1) is 34.7. The van der Waals surface area contributed by atoms with Crippen molar-refractivity contribution in [1.82, 2.24) is 4.90 Å². The van der Waals surface area contributed by atoms with Crippen LogP contribution in [-0.2, 0) is 20.7 Å². The lowest BCUT2D eigenvalue weighted by Gasteiger charge is -2.37. The number of amides is 2. The standard InChI is InChI=1S/C31H39NO7S.C2H6/c1-8-9-16-36-30(35)38-27-20(2)21(3)28-25(22(27)4)14-15-31(5,39-28)18-37-24-12-10-23(11-13-24)17-26(40-7)29(34)32(6)19-33;1-2/h10-13,17,19H,8-9,14-16,18H2,1-7H3;1-2H3/b26-17-;. The van der Waals surface area contributed by atoms with Gasteiger partial charge < -0.3 is 18.9 Å². The average Bonchev–Trinajstić information content (AvgIpc) is 3.00. The van der Waals surface area contributed by atoms with Crippen LogP contribution in [0.4, 0.5) is 4.79 Å². The highest BCUT2D eigenvalue weighted by Crippen LogP contribution is 2.44.